The van der Waals surface area contributed by atoms with Crippen molar-refractivity contribution in [2.45, 2.75) is 103 Å². The summed E-state index contributed by atoms with van der Waals surface area (Å²) in [5, 5.41) is 4.91. The lowest BCUT2D eigenvalue weighted by Gasteiger charge is -2.43. The first-order valence-corrected chi connectivity index (χ1v) is 41.4. The zero-order valence-corrected chi connectivity index (χ0v) is 67.4. The van der Waals surface area contributed by atoms with Crippen molar-refractivity contribution in [3.8, 4) is 89.3 Å². The Kier molecular flexibility index (Phi) is 17.5. The third-order valence-electron chi connectivity index (χ3n) is 25.8. The molecule has 0 amide bonds. The van der Waals surface area contributed by atoms with Crippen LogP contribution in [0.5, 0.6) is 0 Å². The Morgan fingerprint density at radius 3 is 1.04 bits per heavy atom. The maximum atomic E-state index is 2.62. The van der Waals surface area contributed by atoms with Crippen molar-refractivity contribution >= 4 is 77.7 Å². The summed E-state index contributed by atoms with van der Waals surface area (Å²) in [6.45, 7) is 19.5. The Morgan fingerprint density at radius 1 is 0.207 bits per heavy atom. The Bertz CT molecular complexity index is 6670. The van der Waals surface area contributed by atoms with Crippen LogP contribution < -0.4 is 9.80 Å². The molecule has 20 rings (SSSR count). The molecule has 116 heavy (non-hydrogen) atoms. The van der Waals surface area contributed by atoms with Crippen molar-refractivity contribution in [3.63, 3.8) is 0 Å². The number of anilines is 6. The topological polar surface area (TPSA) is 16.3 Å². The molecule has 0 saturated heterocycles. The summed E-state index contributed by atoms with van der Waals surface area (Å²) in [4.78, 5) is 4.82. The van der Waals surface area contributed by atoms with Gasteiger partial charge < -0.3 is 18.9 Å². The van der Waals surface area contributed by atoms with Crippen LogP contribution in [-0.2, 0) is 21.7 Å². The molecule has 0 radical (unpaired) electrons. The molecule has 2 aromatic heterocycles. The molecule has 0 saturated carbocycles. The fourth-order valence-corrected chi connectivity index (χ4v) is 19.4. The van der Waals surface area contributed by atoms with Gasteiger partial charge in [-0.3, -0.25) is 0 Å². The Labute approximate surface area is 682 Å². The second kappa shape index (κ2) is 28.4. The van der Waals surface area contributed by atoms with Gasteiger partial charge in [-0.2, -0.15) is 0 Å². The molecule has 4 heteroatoms. The number of hydrogen-bond acceptors (Lipinski definition) is 2. The van der Waals surface area contributed by atoms with Crippen LogP contribution in [0.2, 0.25) is 0 Å². The molecule has 18 aromatic rings. The van der Waals surface area contributed by atoms with Crippen molar-refractivity contribution < 1.29 is 0 Å². The predicted molar refractivity (Wildman–Crippen MR) is 493 cm³/mol. The number of hydrogen-bond donors (Lipinski definition) is 0. The van der Waals surface area contributed by atoms with E-state index in [0.717, 1.165) is 86.0 Å². The molecule has 0 aliphatic heterocycles. The highest BCUT2D eigenvalue weighted by molar-refractivity contribution is 6.12. The van der Waals surface area contributed by atoms with Gasteiger partial charge in [0.1, 0.15) is 0 Å². The van der Waals surface area contributed by atoms with Gasteiger partial charge in [-0.1, -0.05) is 310 Å². The monoisotopic (exact) mass is 1490 g/mol. The lowest BCUT2D eigenvalue weighted by molar-refractivity contribution is 0.331. The van der Waals surface area contributed by atoms with E-state index in [-0.39, 0.29) is 21.7 Å². The maximum Gasteiger partial charge on any atom is 0.0547 e. The third-order valence-corrected chi connectivity index (χ3v) is 25.8. The highest BCUT2D eigenvalue weighted by atomic mass is 15.1. The predicted octanol–water partition coefficient (Wildman–Crippen LogP) is 31.2. The molecular weight excluding hydrogens is 1400 g/mol. The summed E-state index contributed by atoms with van der Waals surface area (Å²) < 4.78 is 5.07. The summed E-state index contributed by atoms with van der Waals surface area (Å²) in [6.07, 6.45) is 4.60. The van der Waals surface area contributed by atoms with Crippen LogP contribution in [-0.4, -0.2) is 9.13 Å². The zero-order valence-electron chi connectivity index (χ0n) is 67.4. The van der Waals surface area contributed by atoms with Gasteiger partial charge in [0.2, 0.25) is 0 Å². The minimum Gasteiger partial charge on any atom is -0.311 e. The largest absolute Gasteiger partial charge is 0.311 e. The molecular formula is C112H94N4. The minimum atomic E-state index is -0.0699. The van der Waals surface area contributed by atoms with Gasteiger partial charge in [0.05, 0.1) is 27.8 Å². The van der Waals surface area contributed by atoms with Crippen LogP contribution in [0.15, 0.2) is 376 Å². The summed E-state index contributed by atoms with van der Waals surface area (Å²) in [6, 6.07) is 140. The second-order valence-electron chi connectivity index (χ2n) is 35.0. The quantitative estimate of drug-likeness (QED) is 0.102. The molecule has 0 atom stereocenters. The van der Waals surface area contributed by atoms with E-state index in [1.165, 1.54) is 129 Å². The van der Waals surface area contributed by atoms with Gasteiger partial charge in [-0.05, 0) is 269 Å². The summed E-state index contributed by atoms with van der Waals surface area (Å²) in [5.41, 5.74) is 36.3. The normalized spacial score (nSPS) is 14.5. The van der Waals surface area contributed by atoms with E-state index in [2.05, 4.69) is 450 Å². The fourth-order valence-electron chi connectivity index (χ4n) is 19.4. The molecule has 16 aromatic carbocycles. The van der Waals surface area contributed by atoms with Gasteiger partial charge in [-0.25, -0.2) is 0 Å². The second-order valence-corrected chi connectivity index (χ2v) is 35.0. The lowest BCUT2D eigenvalue weighted by atomic mass is 9.61. The van der Waals surface area contributed by atoms with E-state index < -0.39 is 0 Å². The first-order chi connectivity index (χ1) is 56.5. The molecule has 2 aliphatic rings. The maximum absolute atomic E-state index is 2.62. The first-order valence-electron chi connectivity index (χ1n) is 41.4. The van der Waals surface area contributed by atoms with Gasteiger partial charge in [0.25, 0.3) is 0 Å². The van der Waals surface area contributed by atoms with Crippen molar-refractivity contribution in [3.05, 3.63) is 398 Å². The van der Waals surface area contributed by atoms with Crippen molar-refractivity contribution in [1.29, 1.82) is 0 Å². The van der Waals surface area contributed by atoms with Gasteiger partial charge in [0.15, 0.2) is 0 Å². The number of rotatable bonds is 15. The minimum absolute atomic E-state index is 0.0101. The van der Waals surface area contributed by atoms with Crippen LogP contribution >= 0.6 is 0 Å². The van der Waals surface area contributed by atoms with Crippen LogP contribution in [0, 0.1) is 0 Å². The third kappa shape index (κ3) is 12.7. The van der Waals surface area contributed by atoms with Gasteiger partial charge >= 0.3 is 0 Å². The van der Waals surface area contributed by atoms with Crippen LogP contribution in [0.3, 0.4) is 0 Å². The van der Waals surface area contributed by atoms with E-state index >= 15 is 0 Å². The highest BCUT2D eigenvalue weighted by Crippen LogP contribution is 2.53. The van der Waals surface area contributed by atoms with Crippen LogP contribution in [0.25, 0.3) is 133 Å². The van der Waals surface area contributed by atoms with Crippen LogP contribution in [0.4, 0.5) is 34.1 Å². The Hall–Kier alpha value is -13.3. The number of para-hydroxylation sites is 1. The Morgan fingerprint density at radius 2 is 0.543 bits per heavy atom. The summed E-state index contributed by atoms with van der Waals surface area (Å²) in [5.74, 6) is 0. The molecule has 2 heterocycles. The van der Waals surface area contributed by atoms with Crippen molar-refractivity contribution in [1.82, 2.24) is 9.13 Å². The molecule has 0 bridgehead atoms. The summed E-state index contributed by atoms with van der Waals surface area (Å²) in [7, 11) is 0. The van der Waals surface area contributed by atoms with Gasteiger partial charge in [0, 0.05) is 61.4 Å². The van der Waals surface area contributed by atoms with Crippen molar-refractivity contribution in [2.75, 3.05) is 9.80 Å². The van der Waals surface area contributed by atoms with E-state index in [9.17, 15) is 0 Å². The number of nitrogens with zero attached hydrogens (tertiary/aromatic N) is 4. The number of fused-ring (bicyclic) bond motifs is 8. The van der Waals surface area contributed by atoms with E-state index in [0.29, 0.717) is 0 Å². The number of benzene rings is 16. The van der Waals surface area contributed by atoms with E-state index in [4.69, 9.17) is 0 Å². The smallest absolute Gasteiger partial charge is 0.0547 e. The van der Waals surface area contributed by atoms with Crippen molar-refractivity contribution in [2.24, 2.45) is 0 Å². The Balaban J connectivity index is 0.679. The molecule has 0 spiro atoms. The van der Waals surface area contributed by atoms with Crippen LogP contribution in [0.1, 0.15) is 103 Å². The fraction of sp³-hybridized carbons (Fsp3) is 0.143. The number of aromatic nitrogens is 2. The highest BCUT2D eigenvalue weighted by Gasteiger charge is 2.41. The lowest BCUT2D eigenvalue weighted by Crippen LogP contribution is -2.35. The van der Waals surface area contributed by atoms with Gasteiger partial charge in [-0.15, -0.1) is 0 Å². The SMILES string of the molecule is CC1(C)CCC(C)(C)c2c(-c3ccc(-n4c5ccccc5c5cc(-c6cccc(N(c7ccc(-c8ccccc8)cc7)c7cccc(-c8ccc9c%10ccc(-c%11ccc(N(c%12ccc(-c%13ccccc%13)cc%12)c%12ccc(-c%13ccccc%13)cc%12)cc%11)cc%10n(-c%10cccc%11c%10C(C)(C)CCC%11(C)C)c9c8)c7)c6)ccc54)cc3)cccc21. The summed E-state index contributed by atoms with van der Waals surface area (Å²) >= 11 is 0. The molecule has 2 aliphatic carbocycles. The average molecular weight is 1500 g/mol. The first kappa shape index (κ1) is 71.7. The average Bonchev–Trinajstić information content (AvgIpc) is 1.40. The molecule has 562 valence electrons. The van der Waals surface area contributed by atoms with E-state index in [1.807, 2.05) is 0 Å². The standard InChI is InChI=1S/C112H94N4/c1-109(2)66-68-111(5,6)107-95(35-22-36-100(107)109)82-48-61-92(62-49-82)115-102-38-19-18-34-96(102)99-72-85(52-65-103(99)115)83-30-20-32-93(70-83)114(91-57-44-80(45-58-91)77-28-16-11-17-29-77)94-33-21-31-84(71-94)87-51-64-98-97-63-50-86(73-105(97)116(106(98)74-87)104-39-23-37-101-108(104)112(7,8)69-67-110(101,3)4)81-46-59-90(60-47-81)113(88-53-40-78(41-54-88)75-24-12-9-13-25-75)89-55-42-79(43-56-89)76-26-14-10-15-27-76/h9-65,70-74H,66-69H2,1-8H3. The van der Waals surface area contributed by atoms with E-state index in [1.54, 1.807) is 0 Å². The molecule has 0 N–H and O–H groups in total. The molecule has 0 unspecified atom stereocenters. The zero-order chi connectivity index (χ0) is 78.6. The molecule has 0 fully saturated rings. The molecule has 4 nitrogen and oxygen atoms in total.